The number of hydrogen-bond acceptors (Lipinski definition) is 5. The van der Waals surface area contributed by atoms with Crippen LogP contribution in [0.3, 0.4) is 0 Å². The Morgan fingerprint density at radius 1 is 1.14 bits per heavy atom. The van der Waals surface area contributed by atoms with Gasteiger partial charge < -0.3 is 16.2 Å². The predicted octanol–water partition coefficient (Wildman–Crippen LogP) is 3.97. The van der Waals surface area contributed by atoms with Crippen LogP contribution in [0.1, 0.15) is 33.2 Å². The number of amides is 1. The first-order valence-corrected chi connectivity index (χ1v) is 10.5. The zero-order chi connectivity index (χ0) is 25.5. The molecule has 1 unspecified atom stereocenters. The summed E-state index contributed by atoms with van der Waals surface area (Å²) in [5.41, 5.74) is 5.59. The molecule has 4 aromatic rings. The quantitative estimate of drug-likeness (QED) is 0.357. The van der Waals surface area contributed by atoms with Crippen molar-refractivity contribution in [3.8, 4) is 11.1 Å². The van der Waals surface area contributed by atoms with E-state index in [1.165, 1.54) is 61.0 Å². The number of nitrogen functional groups attached to an aromatic ring is 1. The highest BCUT2D eigenvalue weighted by Gasteiger charge is 2.41. The summed E-state index contributed by atoms with van der Waals surface area (Å²) in [5.74, 6) is -6.89. The average molecular weight is 487 g/mol. The van der Waals surface area contributed by atoms with Gasteiger partial charge in [0.2, 0.25) is 5.95 Å². The van der Waals surface area contributed by atoms with Crippen molar-refractivity contribution in [2.75, 3.05) is 12.3 Å². The smallest absolute Gasteiger partial charge is 0.294 e. The molecule has 0 spiro atoms. The van der Waals surface area contributed by atoms with Crippen molar-refractivity contribution in [2.24, 2.45) is 0 Å². The predicted molar refractivity (Wildman–Crippen MR) is 121 cm³/mol. The van der Waals surface area contributed by atoms with E-state index in [9.17, 15) is 23.1 Å². The minimum Gasteiger partial charge on any atom is -0.382 e. The van der Waals surface area contributed by atoms with Crippen molar-refractivity contribution < 1.29 is 27.5 Å². The summed E-state index contributed by atoms with van der Waals surface area (Å²) < 4.78 is 60.3. The van der Waals surface area contributed by atoms with Gasteiger partial charge in [-0.05, 0) is 42.7 Å². The number of nitrogens with one attached hydrogen (secondary N) is 1. The summed E-state index contributed by atoms with van der Waals surface area (Å²) in [6.07, 6.45) is -0.998. The molecule has 0 bridgehead atoms. The van der Waals surface area contributed by atoms with Crippen molar-refractivity contribution >= 4 is 17.5 Å². The van der Waals surface area contributed by atoms with Crippen LogP contribution in [0.15, 0.2) is 48.7 Å². The van der Waals surface area contributed by atoms with E-state index < -0.39 is 47.2 Å². The normalized spacial score (nSPS) is 12.7. The highest BCUT2D eigenvalue weighted by atomic mass is 19.3. The van der Waals surface area contributed by atoms with Crippen molar-refractivity contribution in [3.05, 3.63) is 82.5 Å². The third-order valence-corrected chi connectivity index (χ3v) is 5.64. The molecule has 1 atom stereocenters. The van der Waals surface area contributed by atoms with Gasteiger partial charge in [0.05, 0.1) is 12.1 Å². The topological polar surface area (TPSA) is 106 Å². The molecule has 1 amide bonds. The van der Waals surface area contributed by atoms with E-state index in [4.69, 9.17) is 5.73 Å². The fraction of sp³-hybridized carbons (Fsp3) is 0.208. The fourth-order valence-electron chi connectivity index (χ4n) is 3.73. The average Bonchev–Trinajstić information content (AvgIpc) is 3.18. The van der Waals surface area contributed by atoms with Crippen molar-refractivity contribution in [1.82, 2.24) is 19.9 Å². The Hall–Kier alpha value is -3.99. The molecule has 0 fully saturated rings. The van der Waals surface area contributed by atoms with Crippen LogP contribution in [0.5, 0.6) is 0 Å². The Balaban J connectivity index is 1.59. The van der Waals surface area contributed by atoms with E-state index in [-0.39, 0.29) is 22.6 Å². The number of aliphatic hydroxyl groups is 1. The first kappa shape index (κ1) is 24.1. The summed E-state index contributed by atoms with van der Waals surface area (Å²) in [6.45, 7) is 1.49. The molecule has 4 N–H and O–H groups in total. The number of aliphatic hydroxyl groups excluding tert-OH is 1. The Morgan fingerprint density at radius 2 is 1.89 bits per heavy atom. The van der Waals surface area contributed by atoms with E-state index in [1.54, 1.807) is 0 Å². The molecule has 0 aliphatic heterocycles. The second-order valence-electron chi connectivity index (χ2n) is 8.13. The summed E-state index contributed by atoms with van der Waals surface area (Å²) in [7, 11) is 0. The summed E-state index contributed by atoms with van der Waals surface area (Å²) in [4.78, 5) is 16.7. The molecular formula is C24H21F4N5O2. The van der Waals surface area contributed by atoms with E-state index in [2.05, 4.69) is 10.1 Å². The van der Waals surface area contributed by atoms with Crippen LogP contribution in [-0.2, 0) is 0 Å². The van der Waals surface area contributed by atoms with E-state index in [1.807, 2.05) is 5.32 Å². The van der Waals surface area contributed by atoms with Gasteiger partial charge in [0.15, 0.2) is 5.65 Å². The molecule has 2 aromatic heterocycles. The van der Waals surface area contributed by atoms with Crippen LogP contribution in [0.4, 0.5) is 23.5 Å². The van der Waals surface area contributed by atoms with Gasteiger partial charge in [-0.15, -0.1) is 5.10 Å². The number of benzene rings is 2. The number of aryl methyl sites for hydroxylation is 2. The van der Waals surface area contributed by atoms with Gasteiger partial charge in [-0.25, -0.2) is 22.1 Å². The van der Waals surface area contributed by atoms with Gasteiger partial charge in [0.25, 0.3) is 11.8 Å². The van der Waals surface area contributed by atoms with E-state index in [0.29, 0.717) is 11.2 Å². The molecule has 35 heavy (non-hydrogen) atoms. The van der Waals surface area contributed by atoms with Crippen molar-refractivity contribution in [2.45, 2.75) is 25.9 Å². The largest absolute Gasteiger partial charge is 0.382 e. The van der Waals surface area contributed by atoms with E-state index in [0.717, 1.165) is 6.07 Å². The molecule has 0 saturated heterocycles. The lowest BCUT2D eigenvalue weighted by molar-refractivity contribution is -0.107. The van der Waals surface area contributed by atoms with Gasteiger partial charge >= 0.3 is 0 Å². The van der Waals surface area contributed by atoms with Crippen molar-refractivity contribution in [1.29, 1.82) is 0 Å². The molecule has 0 aliphatic carbocycles. The van der Waals surface area contributed by atoms with Crippen molar-refractivity contribution in [3.63, 3.8) is 0 Å². The number of anilines is 1. The molecule has 182 valence electrons. The van der Waals surface area contributed by atoms with Gasteiger partial charge in [-0.1, -0.05) is 30.3 Å². The molecule has 0 radical (unpaired) electrons. The van der Waals surface area contributed by atoms with Crippen LogP contribution in [0.2, 0.25) is 0 Å². The maximum absolute atomic E-state index is 15.4. The Kier molecular flexibility index (Phi) is 6.20. The number of carbonyl (C=O) groups excluding carboxylic acids is 1. The lowest BCUT2D eigenvalue weighted by Gasteiger charge is -2.24. The second kappa shape index (κ2) is 8.99. The van der Waals surface area contributed by atoms with Gasteiger partial charge in [-0.3, -0.25) is 4.79 Å². The Labute approximate surface area is 197 Å². The molecule has 0 saturated carbocycles. The molecule has 7 nitrogen and oxygen atoms in total. The Morgan fingerprint density at radius 3 is 2.63 bits per heavy atom. The number of fused-ring (bicyclic) bond motifs is 1. The number of rotatable bonds is 6. The van der Waals surface area contributed by atoms with Crippen LogP contribution in [0, 0.1) is 25.5 Å². The number of hydrogen-bond donors (Lipinski definition) is 3. The minimum atomic E-state index is -3.93. The number of pyridine rings is 1. The molecule has 11 heteroatoms. The third-order valence-electron chi connectivity index (χ3n) is 5.64. The highest BCUT2D eigenvalue weighted by molar-refractivity contribution is 5.97. The minimum absolute atomic E-state index is 0.0280. The summed E-state index contributed by atoms with van der Waals surface area (Å²) in [6, 6.07) is 9.73. The van der Waals surface area contributed by atoms with Crippen LogP contribution >= 0.6 is 0 Å². The standard InChI is InChI=1S/C24H21F4N5O2/c1-12-6-7-15(14-8-9-33-17(10-14)31-23(29)32-33)20(26)18(12)22(35)30-11-24(27,28)21(34)16-5-3-4-13(2)19(16)25/h3-10,21,34H,11H2,1-2H3,(H2,29,32)(H,30,35). The van der Waals surface area contributed by atoms with Crippen LogP contribution in [0.25, 0.3) is 16.8 Å². The molecule has 4 rings (SSSR count). The molecule has 0 aliphatic rings. The summed E-state index contributed by atoms with van der Waals surface area (Å²) in [5, 5.41) is 16.0. The first-order valence-electron chi connectivity index (χ1n) is 10.5. The number of carbonyl (C=O) groups is 1. The summed E-state index contributed by atoms with van der Waals surface area (Å²) >= 11 is 0. The van der Waals surface area contributed by atoms with Gasteiger partial charge in [-0.2, -0.15) is 4.98 Å². The SMILES string of the molecule is Cc1cccc(C(O)C(F)(F)CNC(=O)c2c(C)ccc(-c3ccn4nc(N)nc4c3)c2F)c1F. The van der Waals surface area contributed by atoms with Crippen LogP contribution < -0.4 is 11.1 Å². The zero-order valence-corrected chi connectivity index (χ0v) is 18.7. The number of nitrogens with two attached hydrogens (primary N) is 1. The monoisotopic (exact) mass is 487 g/mol. The third kappa shape index (κ3) is 4.54. The number of nitrogens with zero attached hydrogens (tertiary/aromatic N) is 3. The fourth-order valence-corrected chi connectivity index (χ4v) is 3.73. The first-order chi connectivity index (χ1) is 16.5. The number of alkyl halides is 2. The van der Waals surface area contributed by atoms with Gasteiger partial charge in [0, 0.05) is 17.3 Å². The Bertz CT molecular complexity index is 1440. The highest BCUT2D eigenvalue weighted by Crippen LogP contribution is 2.33. The molecular weight excluding hydrogens is 466 g/mol. The zero-order valence-electron chi connectivity index (χ0n) is 18.7. The lowest BCUT2D eigenvalue weighted by Crippen LogP contribution is -2.41. The second-order valence-corrected chi connectivity index (χ2v) is 8.13. The maximum Gasteiger partial charge on any atom is 0.294 e. The number of aromatic nitrogens is 3. The maximum atomic E-state index is 15.4. The van der Waals surface area contributed by atoms with Crippen LogP contribution in [-0.4, -0.2) is 38.1 Å². The molecule has 2 aromatic carbocycles. The number of halogens is 4. The lowest BCUT2D eigenvalue weighted by atomic mass is 9.98. The molecule has 2 heterocycles. The van der Waals surface area contributed by atoms with Gasteiger partial charge in [0.1, 0.15) is 17.7 Å². The van der Waals surface area contributed by atoms with E-state index >= 15 is 4.39 Å².